The Bertz CT molecular complexity index is 876. The fraction of sp³-hybridized carbons (Fsp3) is 0.407. The van der Waals surface area contributed by atoms with E-state index in [0.717, 1.165) is 22.5 Å². The summed E-state index contributed by atoms with van der Waals surface area (Å²) < 4.78 is 22.3. The molecule has 6 nitrogen and oxygen atoms in total. The third-order valence-electron chi connectivity index (χ3n) is 4.91. The van der Waals surface area contributed by atoms with Crippen molar-refractivity contribution in [2.75, 3.05) is 26.9 Å². The highest BCUT2D eigenvalue weighted by Gasteiger charge is 2.14. The molecular weight excluding hydrogens is 420 g/mol. The quantitative estimate of drug-likeness (QED) is 0.466. The molecule has 0 radical (unpaired) electrons. The van der Waals surface area contributed by atoms with Crippen LogP contribution in [0.5, 0.6) is 5.75 Å². The SMILES string of the molecule is COc1ccc(COCC2C/C(C)=C\COCC/C=C/C(=O)C/C(C)=C/C=C/C(=O)O2)cc1. The lowest BCUT2D eigenvalue weighted by Crippen LogP contribution is -2.23. The molecule has 0 aromatic heterocycles. The lowest BCUT2D eigenvalue weighted by molar-refractivity contribution is -0.146. The average molecular weight is 455 g/mol. The van der Waals surface area contributed by atoms with Gasteiger partial charge in [0.15, 0.2) is 5.78 Å². The molecule has 1 aromatic carbocycles. The van der Waals surface area contributed by atoms with E-state index in [1.807, 2.05) is 50.3 Å². The van der Waals surface area contributed by atoms with E-state index in [1.165, 1.54) is 6.08 Å². The fourth-order valence-corrected chi connectivity index (χ4v) is 3.14. The Balaban J connectivity index is 2.01. The van der Waals surface area contributed by atoms with Crippen molar-refractivity contribution in [3.05, 3.63) is 77.4 Å². The number of hydrogen-bond donors (Lipinski definition) is 0. The first kappa shape index (κ1) is 26.3. The zero-order valence-corrected chi connectivity index (χ0v) is 19.8. The van der Waals surface area contributed by atoms with E-state index in [0.29, 0.717) is 39.1 Å². The summed E-state index contributed by atoms with van der Waals surface area (Å²) in [6, 6.07) is 7.64. The number of methoxy groups -OCH3 is 1. The van der Waals surface area contributed by atoms with E-state index in [9.17, 15) is 9.59 Å². The highest BCUT2D eigenvalue weighted by atomic mass is 16.6. The summed E-state index contributed by atoms with van der Waals surface area (Å²) in [6.07, 6.45) is 11.2. The molecule has 0 fully saturated rings. The van der Waals surface area contributed by atoms with E-state index in [-0.39, 0.29) is 12.4 Å². The molecule has 0 N–H and O–H groups in total. The van der Waals surface area contributed by atoms with Gasteiger partial charge in [-0.05, 0) is 44.0 Å². The number of rotatable bonds is 5. The summed E-state index contributed by atoms with van der Waals surface area (Å²) in [6.45, 7) is 5.51. The van der Waals surface area contributed by atoms with Crippen LogP contribution in [-0.4, -0.2) is 44.8 Å². The minimum absolute atomic E-state index is 0.0191. The normalized spacial score (nSPS) is 24.3. The molecule has 6 heteroatoms. The van der Waals surface area contributed by atoms with Crippen LogP contribution in [0.3, 0.4) is 0 Å². The molecule has 1 aromatic rings. The molecule has 0 amide bonds. The molecule has 0 spiro atoms. The number of cyclic esters (lactones) is 1. The number of esters is 1. The van der Waals surface area contributed by atoms with E-state index in [4.69, 9.17) is 18.9 Å². The minimum atomic E-state index is -0.450. The van der Waals surface area contributed by atoms with Crippen LogP contribution >= 0.6 is 0 Å². The van der Waals surface area contributed by atoms with Gasteiger partial charge < -0.3 is 18.9 Å². The van der Waals surface area contributed by atoms with E-state index < -0.39 is 12.1 Å². The minimum Gasteiger partial charge on any atom is -0.497 e. The van der Waals surface area contributed by atoms with Crippen LogP contribution in [0.25, 0.3) is 0 Å². The molecule has 0 bridgehead atoms. The molecule has 1 heterocycles. The fourth-order valence-electron chi connectivity index (χ4n) is 3.14. The largest absolute Gasteiger partial charge is 0.497 e. The van der Waals surface area contributed by atoms with E-state index in [1.54, 1.807) is 25.3 Å². The first-order chi connectivity index (χ1) is 16.0. The van der Waals surface area contributed by atoms with Gasteiger partial charge in [0.1, 0.15) is 11.9 Å². The van der Waals surface area contributed by atoms with Gasteiger partial charge in [0.25, 0.3) is 0 Å². The van der Waals surface area contributed by atoms with Crippen LogP contribution in [0.15, 0.2) is 71.9 Å². The molecule has 33 heavy (non-hydrogen) atoms. The predicted octanol–water partition coefficient (Wildman–Crippen LogP) is 4.90. The smallest absolute Gasteiger partial charge is 0.331 e. The number of ketones is 1. The van der Waals surface area contributed by atoms with Crippen molar-refractivity contribution < 1.29 is 28.5 Å². The van der Waals surface area contributed by atoms with Gasteiger partial charge in [0.05, 0.1) is 33.5 Å². The summed E-state index contributed by atoms with van der Waals surface area (Å²) >= 11 is 0. The van der Waals surface area contributed by atoms with Gasteiger partial charge in [-0.25, -0.2) is 4.79 Å². The second-order valence-electron chi connectivity index (χ2n) is 7.96. The van der Waals surface area contributed by atoms with Gasteiger partial charge in [-0.15, -0.1) is 0 Å². The Hall–Kier alpha value is -2.96. The third-order valence-corrected chi connectivity index (χ3v) is 4.91. The van der Waals surface area contributed by atoms with Crippen molar-refractivity contribution in [2.24, 2.45) is 0 Å². The predicted molar refractivity (Wildman–Crippen MR) is 128 cm³/mol. The van der Waals surface area contributed by atoms with Gasteiger partial charge in [-0.2, -0.15) is 0 Å². The first-order valence-electron chi connectivity index (χ1n) is 11.1. The van der Waals surface area contributed by atoms with Gasteiger partial charge in [-0.1, -0.05) is 47.6 Å². The maximum atomic E-state index is 12.3. The van der Waals surface area contributed by atoms with Crippen LogP contribution in [0.1, 0.15) is 38.7 Å². The summed E-state index contributed by atoms with van der Waals surface area (Å²) in [4.78, 5) is 24.3. The highest BCUT2D eigenvalue weighted by molar-refractivity contribution is 5.91. The van der Waals surface area contributed by atoms with E-state index >= 15 is 0 Å². The average Bonchev–Trinajstić information content (AvgIpc) is 2.78. The van der Waals surface area contributed by atoms with Gasteiger partial charge in [0, 0.05) is 18.9 Å². The summed E-state index contributed by atoms with van der Waals surface area (Å²) in [7, 11) is 1.63. The zero-order valence-electron chi connectivity index (χ0n) is 19.8. The zero-order chi connectivity index (χ0) is 23.9. The second-order valence-corrected chi connectivity index (χ2v) is 7.96. The molecule has 1 aliphatic rings. The molecule has 1 atom stereocenters. The maximum absolute atomic E-state index is 12.3. The topological polar surface area (TPSA) is 71.1 Å². The summed E-state index contributed by atoms with van der Waals surface area (Å²) in [5.74, 6) is 0.357. The Morgan fingerprint density at radius 3 is 2.61 bits per heavy atom. The van der Waals surface area contributed by atoms with Crippen molar-refractivity contribution in [3.8, 4) is 5.75 Å². The number of carbonyl (C=O) groups excluding carboxylic acids is 2. The molecule has 1 aliphatic heterocycles. The monoisotopic (exact) mass is 454 g/mol. The number of hydrogen-bond acceptors (Lipinski definition) is 6. The maximum Gasteiger partial charge on any atom is 0.331 e. The lowest BCUT2D eigenvalue weighted by Gasteiger charge is -2.18. The molecule has 0 saturated carbocycles. The second kappa shape index (κ2) is 15.0. The Kier molecular flexibility index (Phi) is 11.9. The van der Waals surface area contributed by atoms with Gasteiger partial charge in [0.2, 0.25) is 0 Å². The van der Waals surface area contributed by atoms with Crippen LogP contribution in [-0.2, 0) is 30.4 Å². The molecule has 0 aliphatic carbocycles. The Morgan fingerprint density at radius 1 is 1.06 bits per heavy atom. The van der Waals surface area contributed by atoms with Gasteiger partial charge in [-0.3, -0.25) is 4.79 Å². The third kappa shape index (κ3) is 11.5. The Labute approximate surface area is 196 Å². The van der Waals surface area contributed by atoms with Gasteiger partial charge >= 0.3 is 5.97 Å². The number of allylic oxidation sites excluding steroid dienone is 4. The van der Waals surface area contributed by atoms with Crippen molar-refractivity contribution in [1.29, 1.82) is 0 Å². The lowest BCUT2D eigenvalue weighted by atomic mass is 10.1. The number of ether oxygens (including phenoxy) is 4. The highest BCUT2D eigenvalue weighted by Crippen LogP contribution is 2.14. The van der Waals surface area contributed by atoms with Crippen molar-refractivity contribution >= 4 is 11.8 Å². The van der Waals surface area contributed by atoms with Crippen molar-refractivity contribution in [3.63, 3.8) is 0 Å². The van der Waals surface area contributed by atoms with Crippen LogP contribution in [0.4, 0.5) is 0 Å². The molecule has 178 valence electrons. The van der Waals surface area contributed by atoms with E-state index in [2.05, 4.69) is 0 Å². The van der Waals surface area contributed by atoms with Crippen molar-refractivity contribution in [2.45, 2.75) is 45.8 Å². The summed E-state index contributed by atoms with van der Waals surface area (Å²) in [5.41, 5.74) is 2.92. The number of benzene rings is 1. The van der Waals surface area contributed by atoms with Crippen molar-refractivity contribution in [1.82, 2.24) is 0 Å². The standard InChI is InChI=1S/C27H34O6/c1-21-7-6-9-27(29)33-26(20-32-19-23-10-12-25(30-3)13-11-23)18-22(2)14-16-31-15-5-4-8-24(28)17-21/h4,6-14,26H,5,15-20H2,1-3H3/b8-4+,9-6+,21-7+,22-14-. The molecule has 2 rings (SSSR count). The Morgan fingerprint density at radius 2 is 1.85 bits per heavy atom. The van der Waals surface area contributed by atoms with Crippen LogP contribution in [0.2, 0.25) is 0 Å². The summed E-state index contributed by atoms with van der Waals surface area (Å²) in [5, 5.41) is 0. The first-order valence-corrected chi connectivity index (χ1v) is 11.1. The molecular formula is C27H34O6. The van der Waals surface area contributed by atoms with Crippen LogP contribution < -0.4 is 4.74 Å². The number of carbonyl (C=O) groups is 2. The molecule has 1 unspecified atom stereocenters. The molecule has 0 saturated heterocycles. The van der Waals surface area contributed by atoms with Crippen LogP contribution in [0, 0.1) is 0 Å².